The fourth-order valence-electron chi connectivity index (χ4n) is 4.21. The average Bonchev–Trinajstić information content (AvgIpc) is 2.82. The van der Waals surface area contributed by atoms with Crippen molar-refractivity contribution < 1.29 is 9.18 Å². The van der Waals surface area contributed by atoms with E-state index in [1.807, 2.05) is 91.0 Å². The highest BCUT2D eigenvalue weighted by molar-refractivity contribution is 6.12. The number of hydrogen-bond donors (Lipinski definition) is 0. The van der Waals surface area contributed by atoms with Crippen molar-refractivity contribution in [2.75, 3.05) is 9.80 Å². The summed E-state index contributed by atoms with van der Waals surface area (Å²) < 4.78 is 15.1. The van der Waals surface area contributed by atoms with E-state index >= 15 is 4.39 Å². The molecule has 0 bridgehead atoms. The van der Waals surface area contributed by atoms with Gasteiger partial charge in [-0.1, -0.05) is 78.9 Å². The number of benzene rings is 4. The number of rotatable bonds is 4. The van der Waals surface area contributed by atoms with Gasteiger partial charge in [0.2, 0.25) is 0 Å². The minimum absolute atomic E-state index is 0.139. The Bertz CT molecular complexity index is 1210. The zero-order chi connectivity index (χ0) is 21.2. The van der Waals surface area contributed by atoms with E-state index in [4.69, 9.17) is 0 Å². The van der Waals surface area contributed by atoms with Gasteiger partial charge in [0.1, 0.15) is 12.0 Å². The van der Waals surface area contributed by atoms with Crippen LogP contribution in [0.4, 0.5) is 15.8 Å². The first-order chi connectivity index (χ1) is 15.2. The third-order valence-electron chi connectivity index (χ3n) is 5.62. The predicted octanol–water partition coefficient (Wildman–Crippen LogP) is 6.19. The number of nitrogens with zero attached hydrogens (tertiary/aromatic N) is 2. The van der Waals surface area contributed by atoms with E-state index in [9.17, 15) is 4.79 Å². The van der Waals surface area contributed by atoms with Gasteiger partial charge in [-0.25, -0.2) is 4.39 Å². The summed E-state index contributed by atoms with van der Waals surface area (Å²) in [5.41, 5.74) is 3.69. The van der Waals surface area contributed by atoms with Crippen LogP contribution in [0.5, 0.6) is 0 Å². The van der Waals surface area contributed by atoms with Crippen LogP contribution in [0.1, 0.15) is 27.7 Å². The van der Waals surface area contributed by atoms with E-state index in [2.05, 4.69) is 4.90 Å². The SMILES string of the molecule is O=C1c2ccccc2N(Cc2ccccc2)[C@H](c2ccccc2F)N1c1ccccc1. The maximum absolute atomic E-state index is 15.1. The molecule has 4 heteroatoms. The number of carbonyl (C=O) groups is 1. The highest BCUT2D eigenvalue weighted by Crippen LogP contribution is 2.42. The smallest absolute Gasteiger partial charge is 0.262 e. The molecule has 0 aliphatic carbocycles. The van der Waals surface area contributed by atoms with Gasteiger partial charge in [-0.2, -0.15) is 0 Å². The minimum atomic E-state index is -0.619. The number of para-hydroxylation sites is 2. The van der Waals surface area contributed by atoms with Crippen LogP contribution in [0.25, 0.3) is 0 Å². The topological polar surface area (TPSA) is 23.6 Å². The average molecular weight is 408 g/mol. The largest absolute Gasteiger partial charge is 0.342 e. The molecule has 5 rings (SSSR count). The van der Waals surface area contributed by atoms with Gasteiger partial charge >= 0.3 is 0 Å². The summed E-state index contributed by atoms with van der Waals surface area (Å²) in [4.78, 5) is 17.5. The Kier molecular flexibility index (Phi) is 4.97. The van der Waals surface area contributed by atoms with E-state index in [1.54, 1.807) is 17.0 Å². The molecule has 31 heavy (non-hydrogen) atoms. The molecule has 4 aromatic rings. The summed E-state index contributed by atoms with van der Waals surface area (Å²) in [7, 11) is 0. The molecule has 0 saturated heterocycles. The highest BCUT2D eigenvalue weighted by atomic mass is 19.1. The van der Waals surface area contributed by atoms with E-state index in [0.29, 0.717) is 17.7 Å². The number of fused-ring (bicyclic) bond motifs is 1. The third-order valence-corrected chi connectivity index (χ3v) is 5.62. The molecule has 0 unspecified atom stereocenters. The summed E-state index contributed by atoms with van der Waals surface area (Å²) >= 11 is 0. The molecular weight excluding hydrogens is 387 g/mol. The van der Waals surface area contributed by atoms with Crippen molar-refractivity contribution >= 4 is 17.3 Å². The fraction of sp³-hybridized carbons (Fsp3) is 0.0741. The molecule has 1 aliphatic rings. The summed E-state index contributed by atoms with van der Waals surface area (Å²) in [5, 5.41) is 0. The Balaban J connectivity index is 1.75. The second-order valence-corrected chi connectivity index (χ2v) is 7.54. The van der Waals surface area contributed by atoms with Crippen LogP contribution < -0.4 is 9.80 Å². The van der Waals surface area contributed by atoms with Gasteiger partial charge in [0, 0.05) is 17.8 Å². The van der Waals surface area contributed by atoms with Gasteiger partial charge in [-0.3, -0.25) is 9.69 Å². The van der Waals surface area contributed by atoms with Gasteiger partial charge in [0.25, 0.3) is 5.91 Å². The molecule has 0 spiro atoms. The van der Waals surface area contributed by atoms with Crippen molar-refractivity contribution in [1.29, 1.82) is 0 Å². The van der Waals surface area contributed by atoms with E-state index in [-0.39, 0.29) is 11.7 Å². The second kappa shape index (κ2) is 8.07. The van der Waals surface area contributed by atoms with Crippen molar-refractivity contribution in [3.63, 3.8) is 0 Å². The number of carbonyl (C=O) groups excluding carboxylic acids is 1. The Labute approximate surface area is 181 Å². The van der Waals surface area contributed by atoms with Crippen molar-refractivity contribution in [3.8, 4) is 0 Å². The van der Waals surface area contributed by atoms with Crippen LogP contribution in [-0.2, 0) is 6.54 Å². The minimum Gasteiger partial charge on any atom is -0.342 e. The zero-order valence-electron chi connectivity index (χ0n) is 16.9. The Hall–Kier alpha value is -3.92. The number of hydrogen-bond acceptors (Lipinski definition) is 2. The van der Waals surface area contributed by atoms with Crippen LogP contribution in [0.2, 0.25) is 0 Å². The van der Waals surface area contributed by atoms with Crippen molar-refractivity contribution in [2.24, 2.45) is 0 Å². The third kappa shape index (κ3) is 3.46. The summed E-state index contributed by atoms with van der Waals surface area (Å²) in [6.07, 6.45) is -0.619. The monoisotopic (exact) mass is 408 g/mol. The first-order valence-corrected chi connectivity index (χ1v) is 10.3. The van der Waals surface area contributed by atoms with Gasteiger partial charge in [-0.15, -0.1) is 0 Å². The molecule has 0 aromatic heterocycles. The zero-order valence-corrected chi connectivity index (χ0v) is 16.9. The normalized spacial score (nSPS) is 15.6. The molecule has 0 radical (unpaired) electrons. The second-order valence-electron chi connectivity index (χ2n) is 7.54. The number of amides is 1. The van der Waals surface area contributed by atoms with Crippen molar-refractivity contribution in [3.05, 3.63) is 132 Å². The summed E-state index contributed by atoms with van der Waals surface area (Å²) in [6, 6.07) is 33.8. The molecule has 0 fully saturated rings. The lowest BCUT2D eigenvalue weighted by Crippen LogP contribution is -2.49. The van der Waals surface area contributed by atoms with Gasteiger partial charge in [0.15, 0.2) is 0 Å². The van der Waals surface area contributed by atoms with Crippen LogP contribution in [-0.4, -0.2) is 5.91 Å². The summed E-state index contributed by atoms with van der Waals surface area (Å²) in [6.45, 7) is 0.535. The molecule has 1 aliphatic heterocycles. The first kappa shape index (κ1) is 19.1. The van der Waals surface area contributed by atoms with Crippen LogP contribution >= 0.6 is 0 Å². The van der Waals surface area contributed by atoms with Gasteiger partial charge in [0.05, 0.1) is 11.3 Å². The molecule has 152 valence electrons. The highest BCUT2D eigenvalue weighted by Gasteiger charge is 2.40. The molecular formula is C27H21FN2O. The lowest BCUT2D eigenvalue weighted by Gasteiger charge is -2.46. The van der Waals surface area contributed by atoms with Gasteiger partial charge in [-0.05, 0) is 35.9 Å². The predicted molar refractivity (Wildman–Crippen MR) is 121 cm³/mol. The van der Waals surface area contributed by atoms with E-state index in [0.717, 1.165) is 16.9 Å². The molecule has 0 N–H and O–H groups in total. The molecule has 4 aromatic carbocycles. The van der Waals surface area contributed by atoms with Gasteiger partial charge < -0.3 is 4.90 Å². The molecule has 1 heterocycles. The van der Waals surface area contributed by atoms with Crippen molar-refractivity contribution in [2.45, 2.75) is 12.7 Å². The lowest BCUT2D eigenvalue weighted by molar-refractivity contribution is 0.0967. The number of halogens is 1. The Morgan fingerprint density at radius 1 is 0.710 bits per heavy atom. The lowest BCUT2D eigenvalue weighted by atomic mass is 9.99. The quantitative estimate of drug-likeness (QED) is 0.402. The maximum atomic E-state index is 15.1. The standard InChI is InChI=1S/C27H21FN2O/c28-24-17-9-7-15-22(24)26-29(19-20-11-3-1-4-12-20)25-18-10-8-16-23(25)27(31)30(26)21-13-5-2-6-14-21/h1-18,26H,19H2/t26-/m0/s1. The van der Waals surface area contributed by atoms with E-state index < -0.39 is 6.17 Å². The van der Waals surface area contributed by atoms with Crippen LogP contribution in [0, 0.1) is 5.82 Å². The number of anilines is 2. The van der Waals surface area contributed by atoms with E-state index in [1.165, 1.54) is 6.07 Å². The first-order valence-electron chi connectivity index (χ1n) is 10.3. The molecule has 1 amide bonds. The van der Waals surface area contributed by atoms with Crippen LogP contribution in [0.3, 0.4) is 0 Å². The Morgan fingerprint density at radius 2 is 1.32 bits per heavy atom. The molecule has 0 saturated carbocycles. The Morgan fingerprint density at radius 3 is 2.06 bits per heavy atom. The molecule has 3 nitrogen and oxygen atoms in total. The molecule has 1 atom stereocenters. The summed E-state index contributed by atoms with van der Waals surface area (Å²) in [5.74, 6) is -0.474. The van der Waals surface area contributed by atoms with Crippen LogP contribution in [0.15, 0.2) is 109 Å². The van der Waals surface area contributed by atoms with Crippen molar-refractivity contribution in [1.82, 2.24) is 0 Å². The maximum Gasteiger partial charge on any atom is 0.262 e. The fourth-order valence-corrected chi connectivity index (χ4v) is 4.21.